The van der Waals surface area contributed by atoms with Crippen LogP contribution in [0.1, 0.15) is 36.0 Å². The van der Waals surface area contributed by atoms with Gasteiger partial charge in [0.05, 0.1) is 18.8 Å². The Morgan fingerprint density at radius 3 is 2.41 bits per heavy atom. The minimum absolute atomic E-state index is 0. The fraction of sp³-hybridized carbons (Fsp3) is 0.370. The average Bonchev–Trinajstić information content (AvgIpc) is 3.17. The predicted molar refractivity (Wildman–Crippen MR) is 130 cm³/mol. The van der Waals surface area contributed by atoms with Crippen molar-refractivity contribution in [2.24, 2.45) is 0 Å². The summed E-state index contributed by atoms with van der Waals surface area (Å²) >= 11 is 0. The van der Waals surface area contributed by atoms with E-state index < -0.39 is 0 Å². The molecule has 0 aliphatic carbocycles. The topological polar surface area (TPSA) is 41.6 Å². The van der Waals surface area contributed by atoms with Gasteiger partial charge in [-0.05, 0) is 53.6 Å². The first-order valence-electron chi connectivity index (χ1n) is 11.5. The lowest BCUT2D eigenvalue weighted by Crippen LogP contribution is -2.60. The van der Waals surface area contributed by atoms with E-state index in [2.05, 4.69) is 53.8 Å². The summed E-state index contributed by atoms with van der Waals surface area (Å²) in [5, 5.41) is 5.85. The average molecular weight is 449 g/mol. The number of fused-ring (bicyclic) bond motifs is 3. The summed E-state index contributed by atoms with van der Waals surface area (Å²) in [5.74, 6) is 0.129. The van der Waals surface area contributed by atoms with Gasteiger partial charge in [-0.25, -0.2) is 0 Å². The first-order chi connectivity index (χ1) is 15.2. The lowest BCUT2D eigenvalue weighted by Gasteiger charge is -2.47. The fourth-order valence-corrected chi connectivity index (χ4v) is 6.01. The van der Waals surface area contributed by atoms with Crippen LogP contribution in [0.15, 0.2) is 66.7 Å². The van der Waals surface area contributed by atoms with Crippen molar-refractivity contribution < 1.29 is 9.53 Å². The minimum atomic E-state index is -0.176. The van der Waals surface area contributed by atoms with Gasteiger partial charge in [-0.1, -0.05) is 60.7 Å². The number of nitrogens with one attached hydrogen (secondary N) is 1. The standard InChI is InChI=1S/C27H28N2O2.ClH/c30-26(29-14-15-31-27(18-29)16-20-12-13-21(17-27)28-20)25-11-5-9-23-22(8-4-10-24(23)25)19-6-2-1-3-7-19;/h1-11,20-21,28H,12-18H2;1H/t20-,21+,27?;. The Morgan fingerprint density at radius 2 is 1.62 bits per heavy atom. The van der Waals surface area contributed by atoms with E-state index in [1.165, 1.54) is 24.0 Å². The van der Waals surface area contributed by atoms with Crippen molar-refractivity contribution in [1.29, 1.82) is 0 Å². The van der Waals surface area contributed by atoms with Crippen molar-refractivity contribution in [2.45, 2.75) is 43.4 Å². The zero-order valence-corrected chi connectivity index (χ0v) is 18.9. The molecule has 1 spiro atoms. The van der Waals surface area contributed by atoms with Gasteiger partial charge in [-0.2, -0.15) is 0 Å². The number of nitrogens with zero attached hydrogens (tertiary/aromatic N) is 1. The summed E-state index contributed by atoms with van der Waals surface area (Å²) in [7, 11) is 0. The van der Waals surface area contributed by atoms with Crippen LogP contribution in [0.4, 0.5) is 0 Å². The maximum absolute atomic E-state index is 13.7. The highest BCUT2D eigenvalue weighted by atomic mass is 35.5. The number of carbonyl (C=O) groups is 1. The van der Waals surface area contributed by atoms with Gasteiger partial charge in [0.1, 0.15) is 0 Å². The number of piperidine rings is 1. The summed E-state index contributed by atoms with van der Waals surface area (Å²) in [6.45, 7) is 2.00. The van der Waals surface area contributed by atoms with Crippen LogP contribution in [0.25, 0.3) is 21.9 Å². The van der Waals surface area contributed by atoms with Gasteiger partial charge in [0.25, 0.3) is 5.91 Å². The number of hydrogen-bond acceptors (Lipinski definition) is 3. The minimum Gasteiger partial charge on any atom is -0.371 e. The van der Waals surface area contributed by atoms with E-state index >= 15 is 0 Å². The second-order valence-electron chi connectivity index (χ2n) is 9.38. The van der Waals surface area contributed by atoms with E-state index in [1.54, 1.807) is 0 Å². The van der Waals surface area contributed by atoms with Gasteiger partial charge in [-0.15, -0.1) is 12.4 Å². The molecule has 1 unspecified atom stereocenters. The Kier molecular flexibility index (Phi) is 5.70. The summed E-state index contributed by atoms with van der Waals surface area (Å²) in [6.07, 6.45) is 4.49. The van der Waals surface area contributed by atoms with Crippen molar-refractivity contribution in [1.82, 2.24) is 10.2 Å². The molecule has 0 radical (unpaired) electrons. The summed E-state index contributed by atoms with van der Waals surface area (Å²) in [6, 6.07) is 23.9. The maximum atomic E-state index is 13.7. The molecule has 3 heterocycles. The van der Waals surface area contributed by atoms with E-state index in [4.69, 9.17) is 4.74 Å². The number of benzene rings is 3. The summed E-state index contributed by atoms with van der Waals surface area (Å²) in [4.78, 5) is 15.8. The molecule has 166 valence electrons. The molecule has 3 aromatic carbocycles. The normalized spacial score (nSPS) is 26.8. The molecule has 4 nitrogen and oxygen atoms in total. The molecule has 32 heavy (non-hydrogen) atoms. The zero-order valence-electron chi connectivity index (χ0n) is 18.1. The number of morpholine rings is 1. The largest absolute Gasteiger partial charge is 0.371 e. The molecular formula is C27H29ClN2O2. The van der Waals surface area contributed by atoms with Crippen LogP contribution in [-0.2, 0) is 4.74 Å². The summed E-state index contributed by atoms with van der Waals surface area (Å²) in [5.41, 5.74) is 2.96. The van der Waals surface area contributed by atoms with Crippen molar-refractivity contribution in [3.05, 3.63) is 72.3 Å². The molecule has 3 fully saturated rings. The zero-order chi connectivity index (χ0) is 20.8. The monoisotopic (exact) mass is 448 g/mol. The molecule has 6 rings (SSSR count). The van der Waals surface area contributed by atoms with E-state index in [9.17, 15) is 4.79 Å². The Balaban J connectivity index is 0.00000216. The lowest BCUT2D eigenvalue weighted by molar-refractivity contribution is -0.122. The van der Waals surface area contributed by atoms with Crippen molar-refractivity contribution in [2.75, 3.05) is 19.7 Å². The molecule has 0 saturated carbocycles. The molecule has 1 amide bonds. The number of hydrogen-bond donors (Lipinski definition) is 1. The molecule has 3 aromatic rings. The van der Waals surface area contributed by atoms with E-state index in [1.807, 2.05) is 23.1 Å². The Hall–Kier alpha value is -2.40. The van der Waals surface area contributed by atoms with Gasteiger partial charge in [-0.3, -0.25) is 4.79 Å². The van der Waals surface area contributed by atoms with Gasteiger partial charge in [0.15, 0.2) is 0 Å². The second kappa shape index (κ2) is 8.51. The first kappa shape index (κ1) is 21.4. The van der Waals surface area contributed by atoms with Crippen molar-refractivity contribution in [3.63, 3.8) is 0 Å². The molecule has 3 saturated heterocycles. The number of halogens is 1. The summed E-state index contributed by atoms with van der Waals surface area (Å²) < 4.78 is 6.33. The molecule has 2 bridgehead atoms. The predicted octanol–water partition coefficient (Wildman–Crippen LogP) is 5.05. The number of ether oxygens (including phenoxy) is 1. The van der Waals surface area contributed by atoms with Gasteiger partial charge in [0.2, 0.25) is 0 Å². The van der Waals surface area contributed by atoms with Crippen LogP contribution in [0.3, 0.4) is 0 Å². The fourth-order valence-electron chi connectivity index (χ4n) is 6.01. The third-order valence-electron chi connectivity index (χ3n) is 7.34. The van der Waals surface area contributed by atoms with Crippen LogP contribution >= 0.6 is 12.4 Å². The SMILES string of the molecule is Cl.O=C(c1cccc2c(-c3ccccc3)cccc12)N1CCOC2(C[C@H]3CC[C@@H](C2)N3)C1. The second-order valence-corrected chi connectivity index (χ2v) is 9.38. The number of rotatable bonds is 2. The molecule has 5 heteroatoms. The van der Waals surface area contributed by atoms with Crippen LogP contribution in [-0.4, -0.2) is 48.2 Å². The lowest BCUT2D eigenvalue weighted by atomic mass is 9.85. The van der Waals surface area contributed by atoms with Gasteiger partial charge < -0.3 is 15.0 Å². The smallest absolute Gasteiger partial charge is 0.254 e. The molecule has 1 N–H and O–H groups in total. The highest BCUT2D eigenvalue weighted by molar-refractivity contribution is 6.10. The third-order valence-corrected chi connectivity index (χ3v) is 7.34. The molecule has 3 aliphatic heterocycles. The van der Waals surface area contributed by atoms with Crippen LogP contribution in [0.2, 0.25) is 0 Å². The van der Waals surface area contributed by atoms with Crippen molar-refractivity contribution in [3.8, 4) is 11.1 Å². The highest BCUT2D eigenvalue weighted by Crippen LogP contribution is 2.39. The van der Waals surface area contributed by atoms with Gasteiger partial charge in [0, 0.05) is 24.2 Å². The quantitative estimate of drug-likeness (QED) is 0.596. The van der Waals surface area contributed by atoms with Crippen molar-refractivity contribution >= 4 is 29.1 Å². The van der Waals surface area contributed by atoms with Crippen LogP contribution in [0, 0.1) is 0 Å². The van der Waals surface area contributed by atoms with Crippen LogP contribution < -0.4 is 5.32 Å². The van der Waals surface area contributed by atoms with Gasteiger partial charge >= 0.3 is 0 Å². The number of carbonyl (C=O) groups excluding carboxylic acids is 1. The van der Waals surface area contributed by atoms with E-state index in [-0.39, 0.29) is 23.9 Å². The van der Waals surface area contributed by atoms with E-state index in [0.29, 0.717) is 31.8 Å². The molecule has 0 aromatic heterocycles. The number of amides is 1. The molecular weight excluding hydrogens is 420 g/mol. The molecule has 3 atom stereocenters. The maximum Gasteiger partial charge on any atom is 0.254 e. The van der Waals surface area contributed by atoms with E-state index in [0.717, 1.165) is 29.2 Å². The molecule has 3 aliphatic rings. The Morgan fingerprint density at radius 1 is 0.906 bits per heavy atom. The Bertz CT molecular complexity index is 1120. The highest BCUT2D eigenvalue weighted by Gasteiger charge is 2.47. The third kappa shape index (κ3) is 3.71. The Labute approximate surface area is 195 Å². The van der Waals surface area contributed by atoms with Crippen LogP contribution in [0.5, 0.6) is 0 Å². The first-order valence-corrected chi connectivity index (χ1v) is 11.5.